The Morgan fingerprint density at radius 1 is 1.27 bits per heavy atom. The summed E-state index contributed by atoms with van der Waals surface area (Å²) in [5, 5.41) is 0.445. The highest BCUT2D eigenvalue weighted by molar-refractivity contribution is 8.00. The lowest BCUT2D eigenvalue weighted by Gasteiger charge is -2.41. The largest absolute Gasteiger partial charge is 0.333 e. The number of nitrogens with zero attached hydrogens (tertiary/aromatic N) is 1. The average molecular weight is 341 g/mol. The first-order chi connectivity index (χ1) is 10.2. The van der Waals surface area contributed by atoms with Gasteiger partial charge < -0.3 is 10.6 Å². The van der Waals surface area contributed by atoms with Crippen LogP contribution in [-0.4, -0.2) is 34.4 Å². The number of hydrogen-bond donors (Lipinski definition) is 1. The van der Waals surface area contributed by atoms with Crippen molar-refractivity contribution in [2.45, 2.75) is 43.5 Å². The predicted molar refractivity (Wildman–Crippen MR) is 95.4 cm³/mol. The van der Waals surface area contributed by atoms with Crippen LogP contribution in [-0.2, 0) is 4.79 Å². The smallest absolute Gasteiger partial charge is 0.226 e. The van der Waals surface area contributed by atoms with Gasteiger partial charge in [0.25, 0.3) is 0 Å². The molecular formula is C17H25ClN2OS. The number of halogens is 1. The van der Waals surface area contributed by atoms with E-state index < -0.39 is 0 Å². The number of benzene rings is 1. The second-order valence-corrected chi connectivity index (χ2v) is 7.72. The molecule has 4 unspecified atom stereocenters. The highest BCUT2D eigenvalue weighted by Gasteiger charge is 2.38. The Balaban J connectivity index is 0.00000176. The molecule has 1 aliphatic carbocycles. The van der Waals surface area contributed by atoms with E-state index in [4.69, 9.17) is 5.73 Å². The van der Waals surface area contributed by atoms with E-state index in [0.29, 0.717) is 11.2 Å². The van der Waals surface area contributed by atoms with Gasteiger partial charge in [0.05, 0.1) is 6.04 Å². The van der Waals surface area contributed by atoms with E-state index in [1.807, 2.05) is 17.8 Å². The summed E-state index contributed by atoms with van der Waals surface area (Å²) < 4.78 is 0. The van der Waals surface area contributed by atoms with Gasteiger partial charge in [0, 0.05) is 29.5 Å². The highest BCUT2D eigenvalue weighted by atomic mass is 35.5. The fraction of sp³-hybridized carbons (Fsp3) is 0.588. The number of thioether (sulfide) groups is 1. The van der Waals surface area contributed by atoms with E-state index in [0.717, 1.165) is 31.6 Å². The lowest BCUT2D eigenvalue weighted by molar-refractivity contribution is -0.137. The Labute approximate surface area is 143 Å². The van der Waals surface area contributed by atoms with Crippen LogP contribution in [0.3, 0.4) is 0 Å². The summed E-state index contributed by atoms with van der Waals surface area (Å²) >= 11 is 1.97. The molecule has 1 heterocycles. The Morgan fingerprint density at radius 2 is 2.00 bits per heavy atom. The lowest BCUT2D eigenvalue weighted by Crippen LogP contribution is -2.46. The maximum absolute atomic E-state index is 12.9. The maximum Gasteiger partial charge on any atom is 0.226 e. The van der Waals surface area contributed by atoms with Crippen LogP contribution < -0.4 is 5.73 Å². The van der Waals surface area contributed by atoms with Gasteiger partial charge in [-0.15, -0.1) is 12.4 Å². The SMILES string of the molecule is CC1SCCN(C(=O)C2CCC(N)C2)C1c1ccccc1.Cl. The molecule has 122 valence electrons. The highest BCUT2D eigenvalue weighted by Crippen LogP contribution is 2.38. The van der Waals surface area contributed by atoms with Crippen molar-refractivity contribution in [2.75, 3.05) is 12.3 Å². The third kappa shape index (κ3) is 3.61. The molecule has 2 fully saturated rings. The molecule has 4 atom stereocenters. The molecule has 0 aromatic heterocycles. The van der Waals surface area contributed by atoms with Gasteiger partial charge in [-0.1, -0.05) is 37.3 Å². The quantitative estimate of drug-likeness (QED) is 0.899. The van der Waals surface area contributed by atoms with E-state index in [2.05, 4.69) is 36.1 Å². The Bertz CT molecular complexity index is 499. The molecule has 1 saturated heterocycles. The zero-order valence-corrected chi connectivity index (χ0v) is 14.6. The van der Waals surface area contributed by atoms with Crippen molar-refractivity contribution in [3.63, 3.8) is 0 Å². The first kappa shape index (κ1) is 17.6. The molecule has 1 amide bonds. The van der Waals surface area contributed by atoms with E-state index >= 15 is 0 Å². The van der Waals surface area contributed by atoms with E-state index in [1.54, 1.807) is 0 Å². The van der Waals surface area contributed by atoms with Gasteiger partial charge in [-0.3, -0.25) is 4.79 Å². The van der Waals surface area contributed by atoms with Crippen molar-refractivity contribution in [3.8, 4) is 0 Å². The molecule has 1 aromatic carbocycles. The van der Waals surface area contributed by atoms with Crippen LogP contribution in [0, 0.1) is 5.92 Å². The van der Waals surface area contributed by atoms with Gasteiger partial charge in [0.1, 0.15) is 0 Å². The lowest BCUT2D eigenvalue weighted by atomic mass is 9.98. The van der Waals surface area contributed by atoms with Crippen LogP contribution in [0.4, 0.5) is 0 Å². The van der Waals surface area contributed by atoms with Gasteiger partial charge >= 0.3 is 0 Å². The number of nitrogens with two attached hydrogens (primary N) is 1. The van der Waals surface area contributed by atoms with Crippen molar-refractivity contribution in [3.05, 3.63) is 35.9 Å². The standard InChI is InChI=1S/C17H24N2OS.ClH/c1-12-16(13-5-3-2-4-6-13)19(9-10-21-12)17(20)14-7-8-15(18)11-14;/h2-6,12,14-16H,7-11,18H2,1H3;1H. The number of rotatable bonds is 2. The number of amides is 1. The number of carbonyl (C=O) groups excluding carboxylic acids is 1. The summed E-state index contributed by atoms with van der Waals surface area (Å²) in [4.78, 5) is 15.1. The van der Waals surface area contributed by atoms with Gasteiger partial charge in [-0.05, 0) is 24.8 Å². The molecule has 1 saturated carbocycles. The molecule has 3 rings (SSSR count). The van der Waals surface area contributed by atoms with E-state index in [9.17, 15) is 4.79 Å². The van der Waals surface area contributed by atoms with Crippen molar-refractivity contribution in [2.24, 2.45) is 11.7 Å². The summed E-state index contributed by atoms with van der Waals surface area (Å²) in [6.45, 7) is 3.10. The van der Waals surface area contributed by atoms with Crippen molar-refractivity contribution < 1.29 is 4.79 Å². The van der Waals surface area contributed by atoms with Crippen LogP contribution in [0.2, 0.25) is 0 Å². The minimum Gasteiger partial charge on any atom is -0.333 e. The number of hydrogen-bond acceptors (Lipinski definition) is 3. The number of carbonyl (C=O) groups is 1. The van der Waals surface area contributed by atoms with Crippen LogP contribution in [0.25, 0.3) is 0 Å². The molecule has 22 heavy (non-hydrogen) atoms. The maximum atomic E-state index is 12.9. The summed E-state index contributed by atoms with van der Waals surface area (Å²) in [6.07, 6.45) is 2.81. The Hall–Kier alpha value is -0.710. The second kappa shape index (κ2) is 7.71. The molecule has 2 N–H and O–H groups in total. The summed E-state index contributed by atoms with van der Waals surface area (Å²) in [6, 6.07) is 10.9. The van der Waals surface area contributed by atoms with Gasteiger partial charge in [-0.2, -0.15) is 11.8 Å². The topological polar surface area (TPSA) is 46.3 Å². The zero-order valence-electron chi connectivity index (χ0n) is 13.0. The summed E-state index contributed by atoms with van der Waals surface area (Å²) in [5.41, 5.74) is 7.25. The second-order valence-electron chi connectivity index (χ2n) is 6.23. The van der Waals surface area contributed by atoms with Crippen LogP contribution >= 0.6 is 24.2 Å². The van der Waals surface area contributed by atoms with Gasteiger partial charge in [-0.25, -0.2) is 0 Å². The molecule has 2 aliphatic rings. The van der Waals surface area contributed by atoms with E-state index in [1.165, 1.54) is 5.56 Å². The molecule has 1 aromatic rings. The predicted octanol–water partition coefficient (Wildman–Crippen LogP) is 3.24. The van der Waals surface area contributed by atoms with E-state index in [-0.39, 0.29) is 30.4 Å². The molecule has 1 aliphatic heterocycles. The molecule has 0 radical (unpaired) electrons. The Kier molecular flexibility index (Phi) is 6.18. The minimum absolute atomic E-state index is 0. The van der Waals surface area contributed by atoms with Crippen molar-refractivity contribution in [1.82, 2.24) is 4.90 Å². The normalized spacial score (nSPS) is 31.6. The molecular weight excluding hydrogens is 316 g/mol. The fourth-order valence-corrected chi connectivity index (χ4v) is 4.80. The zero-order chi connectivity index (χ0) is 14.8. The monoisotopic (exact) mass is 340 g/mol. The summed E-state index contributed by atoms with van der Waals surface area (Å²) in [5.74, 6) is 1.50. The van der Waals surface area contributed by atoms with Crippen molar-refractivity contribution >= 4 is 30.1 Å². The first-order valence-electron chi connectivity index (χ1n) is 7.89. The fourth-order valence-electron chi connectivity index (χ4n) is 3.64. The average Bonchev–Trinajstić information content (AvgIpc) is 2.93. The van der Waals surface area contributed by atoms with Gasteiger partial charge in [0.2, 0.25) is 5.91 Å². The molecule has 3 nitrogen and oxygen atoms in total. The van der Waals surface area contributed by atoms with Crippen LogP contribution in [0.15, 0.2) is 30.3 Å². The molecule has 0 spiro atoms. The minimum atomic E-state index is 0. The Morgan fingerprint density at radius 3 is 2.64 bits per heavy atom. The molecule has 0 bridgehead atoms. The van der Waals surface area contributed by atoms with Gasteiger partial charge in [0.15, 0.2) is 0 Å². The molecule has 5 heteroatoms. The summed E-state index contributed by atoms with van der Waals surface area (Å²) in [7, 11) is 0. The third-order valence-corrected chi connectivity index (χ3v) is 5.94. The van der Waals surface area contributed by atoms with Crippen LogP contribution in [0.5, 0.6) is 0 Å². The first-order valence-corrected chi connectivity index (χ1v) is 8.94. The van der Waals surface area contributed by atoms with Crippen LogP contribution in [0.1, 0.15) is 37.8 Å². The third-order valence-electron chi connectivity index (χ3n) is 4.74. The van der Waals surface area contributed by atoms with Crippen molar-refractivity contribution in [1.29, 1.82) is 0 Å².